The maximum atomic E-state index is 13.3. The van der Waals surface area contributed by atoms with E-state index in [0.717, 1.165) is 5.56 Å². The molecule has 0 aliphatic heterocycles. The fourth-order valence-electron chi connectivity index (χ4n) is 1.36. The largest absolute Gasteiger partial charge is 0.330 e. The predicted molar refractivity (Wildman–Crippen MR) is 58.3 cm³/mol. The third-order valence-corrected chi connectivity index (χ3v) is 2.36. The van der Waals surface area contributed by atoms with Crippen molar-refractivity contribution in [3.8, 4) is 0 Å². The van der Waals surface area contributed by atoms with E-state index in [2.05, 4.69) is 0 Å². The van der Waals surface area contributed by atoms with Crippen LogP contribution in [-0.4, -0.2) is 12.3 Å². The molecule has 1 aromatic rings. The maximum Gasteiger partial charge on any atom is 0.166 e. The number of nitrogens with two attached hydrogens (primary N) is 1. The van der Waals surface area contributed by atoms with Crippen molar-refractivity contribution < 1.29 is 9.18 Å². The normalized spacial score (nSPS) is 12.5. The zero-order valence-corrected chi connectivity index (χ0v) is 9.09. The van der Waals surface area contributed by atoms with E-state index in [1.165, 1.54) is 6.07 Å². The average Bonchev–Trinajstić information content (AvgIpc) is 2.21. The molecule has 82 valence electrons. The van der Waals surface area contributed by atoms with Gasteiger partial charge in [0.25, 0.3) is 0 Å². The fourth-order valence-corrected chi connectivity index (χ4v) is 1.36. The minimum atomic E-state index is -0.449. The van der Waals surface area contributed by atoms with Crippen LogP contribution in [0.1, 0.15) is 29.3 Å². The van der Waals surface area contributed by atoms with Crippen molar-refractivity contribution in [2.45, 2.75) is 20.3 Å². The molecule has 1 atom stereocenters. The Balaban J connectivity index is 2.86. The minimum absolute atomic E-state index is 0.0948. The van der Waals surface area contributed by atoms with Crippen LogP contribution in [-0.2, 0) is 0 Å². The summed E-state index contributed by atoms with van der Waals surface area (Å²) in [6.07, 6.45) is 0.302. The number of hydrogen-bond acceptors (Lipinski definition) is 2. The molecule has 0 radical (unpaired) electrons. The third-order valence-electron chi connectivity index (χ3n) is 2.36. The van der Waals surface area contributed by atoms with Crippen LogP contribution >= 0.6 is 0 Å². The first-order chi connectivity index (χ1) is 7.04. The van der Waals surface area contributed by atoms with Gasteiger partial charge in [0, 0.05) is 6.42 Å². The van der Waals surface area contributed by atoms with Crippen LogP contribution in [0.25, 0.3) is 0 Å². The summed E-state index contributed by atoms with van der Waals surface area (Å²) in [5, 5.41) is 0. The van der Waals surface area contributed by atoms with Crippen molar-refractivity contribution in [2.75, 3.05) is 6.54 Å². The molecule has 0 amide bonds. The minimum Gasteiger partial charge on any atom is -0.330 e. The van der Waals surface area contributed by atoms with Crippen LogP contribution < -0.4 is 5.73 Å². The second-order valence-corrected chi connectivity index (χ2v) is 3.95. The Hall–Kier alpha value is -1.22. The van der Waals surface area contributed by atoms with Crippen LogP contribution in [0.5, 0.6) is 0 Å². The number of aryl methyl sites for hydroxylation is 1. The van der Waals surface area contributed by atoms with Crippen LogP contribution in [0.3, 0.4) is 0 Å². The van der Waals surface area contributed by atoms with Crippen molar-refractivity contribution >= 4 is 5.78 Å². The number of Topliss-reactive ketones (excluding diaryl/α,β-unsaturated/α-hetero) is 1. The highest BCUT2D eigenvalue weighted by molar-refractivity contribution is 5.96. The first-order valence-corrected chi connectivity index (χ1v) is 5.04. The molecule has 0 saturated heterocycles. The number of ketones is 1. The zero-order chi connectivity index (χ0) is 11.4. The number of halogens is 1. The van der Waals surface area contributed by atoms with E-state index >= 15 is 0 Å². The van der Waals surface area contributed by atoms with Crippen LogP contribution in [0.4, 0.5) is 4.39 Å². The van der Waals surface area contributed by atoms with Crippen LogP contribution in [0, 0.1) is 18.7 Å². The van der Waals surface area contributed by atoms with E-state index in [0.29, 0.717) is 13.0 Å². The van der Waals surface area contributed by atoms with Crippen molar-refractivity contribution in [1.82, 2.24) is 0 Å². The number of hydrogen-bond donors (Lipinski definition) is 1. The molecule has 1 unspecified atom stereocenters. The molecule has 0 saturated carbocycles. The van der Waals surface area contributed by atoms with E-state index in [9.17, 15) is 9.18 Å². The molecule has 0 fully saturated rings. The molecular formula is C12H16FNO. The summed E-state index contributed by atoms with van der Waals surface area (Å²) in [7, 11) is 0. The smallest absolute Gasteiger partial charge is 0.166 e. The Bertz CT molecular complexity index is 363. The Morgan fingerprint density at radius 3 is 2.80 bits per heavy atom. The van der Waals surface area contributed by atoms with Gasteiger partial charge in [-0.1, -0.05) is 18.6 Å². The summed E-state index contributed by atoms with van der Waals surface area (Å²) in [4.78, 5) is 11.7. The molecule has 3 heteroatoms. The predicted octanol–water partition coefficient (Wildman–Crippen LogP) is 2.30. The molecule has 0 spiro atoms. The first kappa shape index (κ1) is 11.9. The van der Waals surface area contributed by atoms with Crippen molar-refractivity contribution in [3.63, 3.8) is 0 Å². The summed E-state index contributed by atoms with van der Waals surface area (Å²) >= 11 is 0. The molecule has 0 aliphatic carbocycles. The van der Waals surface area contributed by atoms with Gasteiger partial charge in [0.15, 0.2) is 5.78 Å². The van der Waals surface area contributed by atoms with E-state index in [-0.39, 0.29) is 17.3 Å². The number of rotatable bonds is 4. The van der Waals surface area contributed by atoms with Crippen molar-refractivity contribution in [1.29, 1.82) is 0 Å². The molecule has 0 aromatic heterocycles. The van der Waals surface area contributed by atoms with Gasteiger partial charge in [-0.2, -0.15) is 0 Å². The molecule has 0 aliphatic rings. The molecule has 1 aromatic carbocycles. The van der Waals surface area contributed by atoms with Crippen LogP contribution in [0.2, 0.25) is 0 Å². The van der Waals surface area contributed by atoms with Crippen LogP contribution in [0.15, 0.2) is 18.2 Å². The molecule has 15 heavy (non-hydrogen) atoms. The maximum absolute atomic E-state index is 13.3. The second-order valence-electron chi connectivity index (χ2n) is 3.95. The van der Waals surface area contributed by atoms with E-state index < -0.39 is 5.82 Å². The van der Waals surface area contributed by atoms with Gasteiger partial charge in [-0.25, -0.2) is 4.39 Å². The van der Waals surface area contributed by atoms with Gasteiger partial charge < -0.3 is 5.73 Å². The molecular weight excluding hydrogens is 193 g/mol. The SMILES string of the molecule is Cc1ccc(F)c(C(=O)CC(C)CN)c1. The fraction of sp³-hybridized carbons (Fsp3) is 0.417. The summed E-state index contributed by atoms with van der Waals surface area (Å²) in [5.74, 6) is -0.526. The first-order valence-electron chi connectivity index (χ1n) is 5.04. The monoisotopic (exact) mass is 209 g/mol. The lowest BCUT2D eigenvalue weighted by molar-refractivity contribution is 0.0962. The lowest BCUT2D eigenvalue weighted by atomic mass is 9.98. The zero-order valence-electron chi connectivity index (χ0n) is 9.09. The number of carbonyl (C=O) groups is 1. The van der Waals surface area contributed by atoms with Gasteiger partial charge in [-0.05, 0) is 31.5 Å². The highest BCUT2D eigenvalue weighted by atomic mass is 19.1. The topological polar surface area (TPSA) is 43.1 Å². The summed E-state index contributed by atoms with van der Waals surface area (Å²) in [6.45, 7) is 4.16. The van der Waals surface area contributed by atoms with E-state index in [1.807, 2.05) is 13.8 Å². The van der Waals surface area contributed by atoms with E-state index in [4.69, 9.17) is 5.73 Å². The highest BCUT2D eigenvalue weighted by Crippen LogP contribution is 2.14. The second kappa shape index (κ2) is 5.03. The summed E-state index contributed by atoms with van der Waals surface area (Å²) in [6, 6.07) is 4.56. The van der Waals surface area contributed by atoms with Gasteiger partial charge >= 0.3 is 0 Å². The number of benzene rings is 1. The Morgan fingerprint density at radius 2 is 2.20 bits per heavy atom. The lowest BCUT2D eigenvalue weighted by Crippen LogP contribution is -2.16. The standard InChI is InChI=1S/C12H16FNO/c1-8-3-4-11(13)10(5-8)12(15)6-9(2)7-14/h3-5,9H,6-7,14H2,1-2H3. The van der Waals surface area contributed by atoms with Gasteiger partial charge in [0.1, 0.15) is 5.82 Å². The molecule has 2 N–H and O–H groups in total. The average molecular weight is 209 g/mol. The Labute approximate surface area is 89.3 Å². The van der Waals surface area contributed by atoms with Crippen molar-refractivity contribution in [3.05, 3.63) is 35.1 Å². The summed E-state index contributed by atoms with van der Waals surface area (Å²) in [5.41, 5.74) is 6.49. The molecule has 0 bridgehead atoms. The Kier molecular flexibility index (Phi) is 3.97. The van der Waals surface area contributed by atoms with Gasteiger partial charge in [0.05, 0.1) is 5.56 Å². The molecule has 1 rings (SSSR count). The van der Waals surface area contributed by atoms with Gasteiger partial charge in [0.2, 0.25) is 0 Å². The van der Waals surface area contributed by atoms with E-state index in [1.54, 1.807) is 12.1 Å². The van der Waals surface area contributed by atoms with Crippen molar-refractivity contribution in [2.24, 2.45) is 11.7 Å². The Morgan fingerprint density at radius 1 is 1.53 bits per heavy atom. The lowest BCUT2D eigenvalue weighted by Gasteiger charge is -2.08. The van der Waals surface area contributed by atoms with Gasteiger partial charge in [-0.15, -0.1) is 0 Å². The quantitative estimate of drug-likeness (QED) is 0.773. The number of carbonyl (C=O) groups excluding carboxylic acids is 1. The highest BCUT2D eigenvalue weighted by Gasteiger charge is 2.14. The third kappa shape index (κ3) is 3.13. The van der Waals surface area contributed by atoms with Gasteiger partial charge in [-0.3, -0.25) is 4.79 Å². The molecule has 2 nitrogen and oxygen atoms in total. The molecule has 0 heterocycles. The summed E-state index contributed by atoms with van der Waals surface area (Å²) < 4.78 is 13.3.